The molecule has 16 heavy (non-hydrogen) atoms. The number of anilines is 1. The van der Waals surface area contributed by atoms with Gasteiger partial charge in [-0.25, -0.2) is 9.97 Å². The van der Waals surface area contributed by atoms with Crippen LogP contribution in [-0.4, -0.2) is 25.4 Å². The summed E-state index contributed by atoms with van der Waals surface area (Å²) in [5.74, 6) is 0.233. The molecule has 1 aromatic carbocycles. The summed E-state index contributed by atoms with van der Waals surface area (Å²) in [5.41, 5.74) is 7.80. The number of nitrogens with zero attached hydrogens (tertiary/aromatic N) is 4. The number of H-pyrrole nitrogens is 1. The molecule has 0 amide bonds. The van der Waals surface area contributed by atoms with Gasteiger partial charge in [-0.2, -0.15) is 0 Å². The molecule has 78 valence electrons. The first-order valence-corrected chi connectivity index (χ1v) is 4.74. The van der Waals surface area contributed by atoms with Crippen molar-refractivity contribution >= 4 is 16.9 Å². The van der Waals surface area contributed by atoms with Gasteiger partial charge < -0.3 is 5.73 Å². The van der Waals surface area contributed by atoms with Crippen LogP contribution in [0, 0.1) is 0 Å². The molecule has 0 aliphatic carbocycles. The van der Waals surface area contributed by atoms with E-state index in [0.717, 1.165) is 10.9 Å². The number of rotatable bonds is 1. The summed E-state index contributed by atoms with van der Waals surface area (Å²) < 4.78 is 0. The number of aromatic nitrogens is 5. The van der Waals surface area contributed by atoms with E-state index in [2.05, 4.69) is 25.4 Å². The van der Waals surface area contributed by atoms with Gasteiger partial charge in [0.2, 0.25) is 5.95 Å². The fraction of sp³-hybridized carbons (Fsp3) is 0. The van der Waals surface area contributed by atoms with E-state index < -0.39 is 0 Å². The Hall–Kier alpha value is -2.50. The number of para-hydroxylation sites is 1. The largest absolute Gasteiger partial charge is 0.368 e. The van der Waals surface area contributed by atoms with E-state index in [0.29, 0.717) is 11.4 Å². The molecular formula is C10H8N6. The second kappa shape index (κ2) is 3.27. The lowest BCUT2D eigenvalue weighted by atomic mass is 10.1. The van der Waals surface area contributed by atoms with Crippen LogP contribution < -0.4 is 5.73 Å². The predicted molar refractivity (Wildman–Crippen MR) is 59.3 cm³/mol. The van der Waals surface area contributed by atoms with Gasteiger partial charge in [-0.3, -0.25) is 5.10 Å². The van der Waals surface area contributed by atoms with E-state index in [9.17, 15) is 0 Å². The molecule has 6 nitrogen and oxygen atoms in total. The molecular weight excluding hydrogens is 204 g/mol. The molecule has 0 atom stereocenters. The Bertz CT molecular complexity index is 631. The third-order valence-electron chi connectivity index (χ3n) is 2.28. The highest BCUT2D eigenvalue weighted by Crippen LogP contribution is 2.23. The maximum absolute atomic E-state index is 5.65. The Morgan fingerprint density at radius 2 is 2.00 bits per heavy atom. The third-order valence-corrected chi connectivity index (χ3v) is 2.28. The quantitative estimate of drug-likeness (QED) is 0.627. The van der Waals surface area contributed by atoms with Gasteiger partial charge in [0.05, 0.1) is 11.7 Å². The zero-order valence-electron chi connectivity index (χ0n) is 8.25. The van der Waals surface area contributed by atoms with Crippen molar-refractivity contribution in [2.75, 3.05) is 5.73 Å². The fourth-order valence-corrected chi connectivity index (χ4v) is 1.61. The molecule has 0 fully saturated rings. The van der Waals surface area contributed by atoms with E-state index in [1.54, 1.807) is 6.20 Å². The molecule has 3 N–H and O–H groups in total. The molecule has 2 heterocycles. The van der Waals surface area contributed by atoms with Gasteiger partial charge in [0.1, 0.15) is 11.4 Å². The Kier molecular flexibility index (Phi) is 1.79. The van der Waals surface area contributed by atoms with Crippen LogP contribution in [0.4, 0.5) is 5.95 Å². The number of nitrogen functional groups attached to an aromatic ring is 1. The molecule has 0 radical (unpaired) electrons. The average Bonchev–Trinajstić information content (AvgIpc) is 2.81. The highest BCUT2D eigenvalue weighted by Gasteiger charge is 2.09. The fourth-order valence-electron chi connectivity index (χ4n) is 1.61. The minimum absolute atomic E-state index is 0.233. The number of fused-ring (bicyclic) bond motifs is 1. The molecule has 2 aromatic heterocycles. The zero-order valence-corrected chi connectivity index (χ0v) is 8.25. The number of benzene rings is 1. The summed E-state index contributed by atoms with van der Waals surface area (Å²) in [6.45, 7) is 0. The monoisotopic (exact) mass is 212 g/mol. The van der Waals surface area contributed by atoms with Crippen molar-refractivity contribution in [3.8, 4) is 11.4 Å². The zero-order chi connectivity index (χ0) is 11.0. The molecule has 3 rings (SSSR count). The lowest BCUT2D eigenvalue weighted by Gasteiger charge is -2.02. The van der Waals surface area contributed by atoms with Crippen molar-refractivity contribution in [1.29, 1.82) is 0 Å². The van der Waals surface area contributed by atoms with Gasteiger partial charge in [-0.05, 0) is 6.07 Å². The van der Waals surface area contributed by atoms with Crippen LogP contribution >= 0.6 is 0 Å². The Morgan fingerprint density at radius 1 is 1.12 bits per heavy atom. The smallest absolute Gasteiger partial charge is 0.221 e. The van der Waals surface area contributed by atoms with Crippen LogP contribution in [0.15, 0.2) is 30.5 Å². The molecule has 3 aromatic rings. The molecule has 0 aliphatic heterocycles. The van der Waals surface area contributed by atoms with E-state index in [4.69, 9.17) is 5.73 Å². The SMILES string of the molecule is Nc1nc(-c2c[nH]nn2)c2ccccc2n1. The second-order valence-corrected chi connectivity index (χ2v) is 3.31. The first kappa shape index (κ1) is 8.78. The third kappa shape index (κ3) is 1.28. The van der Waals surface area contributed by atoms with Crippen molar-refractivity contribution < 1.29 is 0 Å². The Labute approximate surface area is 90.5 Å². The number of aromatic amines is 1. The minimum Gasteiger partial charge on any atom is -0.368 e. The standard InChI is InChI=1S/C10H8N6/c11-10-13-7-4-2-1-3-6(7)9(14-10)8-5-12-16-15-8/h1-5H,(H2,11,13,14)(H,12,15,16). The molecule has 0 unspecified atom stereocenters. The van der Waals surface area contributed by atoms with Gasteiger partial charge in [-0.15, -0.1) is 5.10 Å². The number of hydrogen-bond donors (Lipinski definition) is 2. The first-order chi connectivity index (χ1) is 7.84. The normalized spacial score (nSPS) is 10.8. The van der Waals surface area contributed by atoms with Crippen molar-refractivity contribution in [3.05, 3.63) is 30.5 Å². The topological polar surface area (TPSA) is 93.4 Å². The summed E-state index contributed by atoms with van der Waals surface area (Å²) >= 11 is 0. The summed E-state index contributed by atoms with van der Waals surface area (Å²) in [7, 11) is 0. The molecule has 6 heteroatoms. The van der Waals surface area contributed by atoms with Gasteiger partial charge in [0.25, 0.3) is 0 Å². The summed E-state index contributed by atoms with van der Waals surface area (Å²) in [5, 5.41) is 11.1. The maximum Gasteiger partial charge on any atom is 0.221 e. The van der Waals surface area contributed by atoms with Crippen LogP contribution in [0.3, 0.4) is 0 Å². The van der Waals surface area contributed by atoms with E-state index in [1.807, 2.05) is 24.3 Å². The van der Waals surface area contributed by atoms with Gasteiger partial charge in [0, 0.05) is 5.39 Å². The van der Waals surface area contributed by atoms with Crippen LogP contribution in [-0.2, 0) is 0 Å². The molecule has 0 saturated heterocycles. The van der Waals surface area contributed by atoms with Crippen molar-refractivity contribution in [3.63, 3.8) is 0 Å². The number of nitrogens with two attached hydrogens (primary N) is 1. The first-order valence-electron chi connectivity index (χ1n) is 4.74. The summed E-state index contributed by atoms with van der Waals surface area (Å²) in [4.78, 5) is 8.34. The van der Waals surface area contributed by atoms with E-state index in [-0.39, 0.29) is 5.95 Å². The average molecular weight is 212 g/mol. The van der Waals surface area contributed by atoms with Crippen LogP contribution in [0.1, 0.15) is 0 Å². The summed E-state index contributed by atoms with van der Waals surface area (Å²) in [6.07, 6.45) is 1.67. The number of nitrogens with one attached hydrogen (secondary N) is 1. The van der Waals surface area contributed by atoms with E-state index in [1.165, 1.54) is 0 Å². The van der Waals surface area contributed by atoms with E-state index >= 15 is 0 Å². The second-order valence-electron chi connectivity index (χ2n) is 3.31. The molecule has 0 bridgehead atoms. The van der Waals surface area contributed by atoms with Crippen molar-refractivity contribution in [1.82, 2.24) is 25.4 Å². The van der Waals surface area contributed by atoms with Crippen LogP contribution in [0.25, 0.3) is 22.3 Å². The Balaban J connectivity index is 2.39. The van der Waals surface area contributed by atoms with Gasteiger partial charge in [0.15, 0.2) is 0 Å². The molecule has 0 aliphatic rings. The summed E-state index contributed by atoms with van der Waals surface area (Å²) in [6, 6.07) is 7.64. The number of hydrogen-bond acceptors (Lipinski definition) is 5. The van der Waals surface area contributed by atoms with Crippen molar-refractivity contribution in [2.24, 2.45) is 0 Å². The van der Waals surface area contributed by atoms with Crippen LogP contribution in [0.2, 0.25) is 0 Å². The lowest BCUT2D eigenvalue weighted by molar-refractivity contribution is 0.941. The van der Waals surface area contributed by atoms with Gasteiger partial charge >= 0.3 is 0 Å². The van der Waals surface area contributed by atoms with Crippen LogP contribution in [0.5, 0.6) is 0 Å². The molecule has 0 spiro atoms. The molecule has 0 saturated carbocycles. The lowest BCUT2D eigenvalue weighted by Crippen LogP contribution is -1.98. The van der Waals surface area contributed by atoms with Gasteiger partial charge in [-0.1, -0.05) is 23.4 Å². The maximum atomic E-state index is 5.65. The Morgan fingerprint density at radius 3 is 2.81 bits per heavy atom. The highest BCUT2D eigenvalue weighted by atomic mass is 15.3. The predicted octanol–water partition coefficient (Wildman–Crippen LogP) is 0.997. The highest BCUT2D eigenvalue weighted by molar-refractivity contribution is 5.91. The van der Waals surface area contributed by atoms with Crippen molar-refractivity contribution in [2.45, 2.75) is 0 Å². The minimum atomic E-state index is 0.233.